The molecule has 1 unspecified atom stereocenters. The number of hydrogen-bond acceptors (Lipinski definition) is 5. The monoisotopic (exact) mass is 331 g/mol. The maximum atomic E-state index is 12.0. The van der Waals surface area contributed by atoms with E-state index in [-0.39, 0.29) is 17.3 Å². The zero-order valence-electron chi connectivity index (χ0n) is 11.4. The molecule has 1 aromatic rings. The van der Waals surface area contributed by atoms with E-state index in [1.165, 1.54) is 19.1 Å². The van der Waals surface area contributed by atoms with Gasteiger partial charge in [-0.1, -0.05) is 23.4 Å². The van der Waals surface area contributed by atoms with Gasteiger partial charge in [0.1, 0.15) is 6.61 Å². The number of ether oxygens (including phenoxy) is 1. The zero-order valence-corrected chi connectivity index (χ0v) is 13.0. The largest absolute Gasteiger partial charge is 0.468 e. The summed E-state index contributed by atoms with van der Waals surface area (Å²) in [7, 11) is -2.89. The first kappa shape index (κ1) is 17.3. The first-order chi connectivity index (χ1) is 9.81. The van der Waals surface area contributed by atoms with E-state index >= 15 is 0 Å². The highest BCUT2D eigenvalue weighted by molar-refractivity contribution is 7.94. The second-order valence-electron chi connectivity index (χ2n) is 3.97. The molecule has 0 amide bonds. The summed E-state index contributed by atoms with van der Waals surface area (Å²) in [6, 6.07) is 4.45. The van der Waals surface area contributed by atoms with Crippen molar-refractivity contribution in [2.45, 2.75) is 12.2 Å². The van der Waals surface area contributed by atoms with Crippen molar-refractivity contribution in [1.82, 2.24) is 0 Å². The van der Waals surface area contributed by atoms with Crippen LogP contribution in [0.3, 0.4) is 0 Å². The van der Waals surface area contributed by atoms with Gasteiger partial charge in [0, 0.05) is 5.56 Å². The summed E-state index contributed by atoms with van der Waals surface area (Å²) >= 11 is 5.91. The van der Waals surface area contributed by atoms with Gasteiger partial charge in [0.2, 0.25) is 10.0 Å². The Kier molecular flexibility index (Phi) is 6.03. The summed E-state index contributed by atoms with van der Waals surface area (Å²) in [6.45, 7) is 0.889. The lowest BCUT2D eigenvalue weighted by molar-refractivity contribution is -0.139. The zero-order chi connectivity index (χ0) is 16.0. The van der Waals surface area contributed by atoms with Crippen LogP contribution < -0.4 is 4.72 Å². The molecule has 0 spiro atoms. The maximum Gasteiger partial charge on any atom is 0.325 e. The van der Waals surface area contributed by atoms with Crippen molar-refractivity contribution < 1.29 is 23.1 Å². The normalized spacial score (nSPS) is 12.0. The fraction of sp³-hybridized carbons (Fsp3) is 0.308. The summed E-state index contributed by atoms with van der Waals surface area (Å²) in [5, 5.41) is 7.41. The van der Waals surface area contributed by atoms with Crippen molar-refractivity contribution in [2.24, 2.45) is 0 Å². The topological polar surface area (TPSA) is 92.7 Å². The molecule has 1 rings (SSSR count). The third kappa shape index (κ3) is 4.63. The molecule has 2 N–H and O–H groups in total. The van der Waals surface area contributed by atoms with Gasteiger partial charge in [0.25, 0.3) is 0 Å². The third-order valence-electron chi connectivity index (χ3n) is 2.53. The Morgan fingerprint density at radius 2 is 2.19 bits per heavy atom. The van der Waals surface area contributed by atoms with Crippen LogP contribution >= 0.6 is 11.6 Å². The Morgan fingerprint density at radius 1 is 1.52 bits per heavy atom. The van der Waals surface area contributed by atoms with Crippen LogP contribution in [0.5, 0.6) is 0 Å². The second kappa shape index (κ2) is 7.31. The first-order valence-electron chi connectivity index (χ1n) is 5.80. The van der Waals surface area contributed by atoms with E-state index in [1.807, 2.05) is 0 Å². The molecule has 0 aliphatic rings. The molecule has 21 heavy (non-hydrogen) atoms. The number of methoxy groups -OCH3 is 1. The number of carbonyl (C=O) groups excluding carboxylic acids is 1. The minimum Gasteiger partial charge on any atom is -0.468 e. The Hall–Kier alpha value is -1.75. The average Bonchev–Trinajstić information content (AvgIpc) is 2.46. The summed E-state index contributed by atoms with van der Waals surface area (Å²) in [5.41, 5.74) is 0.564. The van der Waals surface area contributed by atoms with Crippen LogP contribution in [0.1, 0.15) is 12.5 Å². The fourth-order valence-corrected chi connectivity index (χ4v) is 2.58. The van der Waals surface area contributed by atoms with Crippen molar-refractivity contribution in [3.8, 4) is 11.8 Å². The van der Waals surface area contributed by atoms with E-state index < -0.39 is 21.2 Å². The molecule has 8 heteroatoms. The van der Waals surface area contributed by atoms with Crippen LogP contribution in [0.25, 0.3) is 0 Å². The molecule has 0 saturated heterocycles. The average molecular weight is 332 g/mol. The molecule has 0 saturated carbocycles. The molecule has 0 radical (unpaired) electrons. The quantitative estimate of drug-likeness (QED) is 0.634. The lowest BCUT2D eigenvalue weighted by atomic mass is 10.2. The minimum absolute atomic E-state index is 0.0946. The molecule has 0 heterocycles. The number of rotatable bonds is 4. The molecule has 1 aromatic carbocycles. The summed E-state index contributed by atoms with van der Waals surface area (Å²) in [5.74, 6) is 4.18. The van der Waals surface area contributed by atoms with Crippen molar-refractivity contribution >= 4 is 33.3 Å². The van der Waals surface area contributed by atoms with Crippen LogP contribution in [-0.2, 0) is 19.6 Å². The molecule has 0 aliphatic heterocycles. The van der Waals surface area contributed by atoms with Crippen LogP contribution in [0, 0.1) is 11.8 Å². The highest BCUT2D eigenvalue weighted by Crippen LogP contribution is 2.24. The van der Waals surface area contributed by atoms with Gasteiger partial charge in [-0.2, -0.15) is 0 Å². The Morgan fingerprint density at radius 3 is 2.76 bits per heavy atom. The molecule has 0 bridgehead atoms. The smallest absolute Gasteiger partial charge is 0.325 e. The number of sulfonamides is 1. The Bertz CT molecular complexity index is 690. The number of carbonyl (C=O) groups is 1. The standard InChI is InChI=1S/C13H14ClNO5S/c1-9(13(17)20-2)21(18,19)15-12-8-10(4-3-7-16)5-6-11(12)14/h5-6,8-9,15-16H,7H2,1-2H3. The number of anilines is 1. The predicted octanol–water partition coefficient (Wildman–Crippen LogP) is 0.987. The van der Waals surface area contributed by atoms with Gasteiger partial charge in [-0.05, 0) is 25.1 Å². The SMILES string of the molecule is COC(=O)C(C)S(=O)(=O)Nc1cc(C#CCO)ccc1Cl. The Balaban J connectivity index is 3.09. The molecular formula is C13H14ClNO5S. The highest BCUT2D eigenvalue weighted by Gasteiger charge is 2.29. The number of halogens is 1. The van der Waals surface area contributed by atoms with E-state index in [1.54, 1.807) is 6.07 Å². The molecular weight excluding hydrogens is 318 g/mol. The van der Waals surface area contributed by atoms with Gasteiger partial charge in [-0.15, -0.1) is 0 Å². The van der Waals surface area contributed by atoms with Gasteiger partial charge in [0.15, 0.2) is 5.25 Å². The lowest BCUT2D eigenvalue weighted by Crippen LogP contribution is -2.33. The van der Waals surface area contributed by atoms with Gasteiger partial charge in [-0.25, -0.2) is 8.42 Å². The lowest BCUT2D eigenvalue weighted by Gasteiger charge is -2.14. The number of benzene rings is 1. The van der Waals surface area contributed by atoms with Crippen molar-refractivity contribution in [1.29, 1.82) is 0 Å². The predicted molar refractivity (Wildman–Crippen MR) is 79.4 cm³/mol. The van der Waals surface area contributed by atoms with Crippen LogP contribution in [0.2, 0.25) is 5.02 Å². The third-order valence-corrected chi connectivity index (χ3v) is 4.49. The van der Waals surface area contributed by atoms with Gasteiger partial charge in [-0.3, -0.25) is 9.52 Å². The van der Waals surface area contributed by atoms with E-state index in [9.17, 15) is 13.2 Å². The minimum atomic E-state index is -3.99. The van der Waals surface area contributed by atoms with Crippen LogP contribution in [-0.4, -0.2) is 38.5 Å². The Labute approximate surface area is 128 Å². The molecule has 0 aliphatic carbocycles. The van der Waals surface area contributed by atoms with E-state index in [0.717, 1.165) is 7.11 Å². The van der Waals surface area contributed by atoms with Crippen LogP contribution in [0.15, 0.2) is 18.2 Å². The molecule has 0 fully saturated rings. The number of aliphatic hydroxyl groups excluding tert-OH is 1. The van der Waals surface area contributed by atoms with E-state index in [2.05, 4.69) is 21.3 Å². The molecule has 6 nitrogen and oxygen atoms in total. The van der Waals surface area contributed by atoms with Gasteiger partial charge in [0.05, 0.1) is 17.8 Å². The van der Waals surface area contributed by atoms with Gasteiger partial charge >= 0.3 is 5.97 Å². The summed E-state index contributed by atoms with van der Waals surface area (Å²) < 4.78 is 30.7. The van der Waals surface area contributed by atoms with Crippen molar-refractivity contribution in [2.75, 3.05) is 18.4 Å². The molecule has 114 valence electrons. The first-order valence-corrected chi connectivity index (χ1v) is 7.73. The highest BCUT2D eigenvalue weighted by atomic mass is 35.5. The molecule has 0 aromatic heterocycles. The van der Waals surface area contributed by atoms with Gasteiger partial charge < -0.3 is 9.84 Å². The second-order valence-corrected chi connectivity index (χ2v) is 6.38. The number of aliphatic hydroxyl groups is 1. The van der Waals surface area contributed by atoms with E-state index in [0.29, 0.717) is 5.56 Å². The maximum absolute atomic E-state index is 12.0. The number of esters is 1. The summed E-state index contributed by atoms with van der Waals surface area (Å²) in [4.78, 5) is 11.3. The van der Waals surface area contributed by atoms with E-state index in [4.69, 9.17) is 16.7 Å². The van der Waals surface area contributed by atoms with Crippen molar-refractivity contribution in [3.05, 3.63) is 28.8 Å². The number of hydrogen-bond donors (Lipinski definition) is 2. The van der Waals surface area contributed by atoms with Crippen LogP contribution in [0.4, 0.5) is 5.69 Å². The van der Waals surface area contributed by atoms with Crippen molar-refractivity contribution in [3.63, 3.8) is 0 Å². The fourth-order valence-electron chi connectivity index (χ4n) is 1.36. The molecule has 1 atom stereocenters. The summed E-state index contributed by atoms with van der Waals surface area (Å²) in [6.07, 6.45) is 0. The number of nitrogens with one attached hydrogen (secondary N) is 1.